The molecule has 1 aromatic rings. The van der Waals surface area contributed by atoms with E-state index in [1.807, 2.05) is 51.1 Å². The van der Waals surface area contributed by atoms with Gasteiger partial charge in [0.15, 0.2) is 5.96 Å². The zero-order chi connectivity index (χ0) is 29.5. The summed E-state index contributed by atoms with van der Waals surface area (Å²) in [5, 5.41) is 17.6. The number of carbonyl (C=O) groups is 4. The molecule has 0 bridgehead atoms. The first-order valence-electron chi connectivity index (χ1n) is 13.4. The van der Waals surface area contributed by atoms with Crippen molar-refractivity contribution >= 4 is 29.7 Å². The first-order chi connectivity index (χ1) is 18.4. The van der Waals surface area contributed by atoms with Crippen molar-refractivity contribution in [1.29, 1.82) is 0 Å². The van der Waals surface area contributed by atoms with Crippen LogP contribution in [0.4, 0.5) is 0 Å². The van der Waals surface area contributed by atoms with Crippen LogP contribution < -0.4 is 33.2 Å². The van der Waals surface area contributed by atoms with Crippen molar-refractivity contribution < 1.29 is 24.3 Å². The van der Waals surface area contributed by atoms with E-state index in [2.05, 4.69) is 20.9 Å². The van der Waals surface area contributed by atoms with Crippen molar-refractivity contribution in [1.82, 2.24) is 16.0 Å². The van der Waals surface area contributed by atoms with Gasteiger partial charge in [-0.05, 0) is 30.2 Å². The van der Waals surface area contributed by atoms with Crippen molar-refractivity contribution in [3.8, 4) is 0 Å². The molecule has 12 nitrogen and oxygen atoms in total. The zero-order valence-electron chi connectivity index (χ0n) is 23.4. The molecule has 0 aliphatic rings. The molecule has 39 heavy (non-hydrogen) atoms. The fourth-order valence-electron chi connectivity index (χ4n) is 3.82. The Morgan fingerprint density at radius 1 is 0.872 bits per heavy atom. The number of rotatable bonds is 17. The summed E-state index contributed by atoms with van der Waals surface area (Å²) in [4.78, 5) is 55.2. The Kier molecular flexibility index (Phi) is 14.6. The standard InChI is InChI=1S/C27H45N7O5/c1-5-16(3)21(28)25(37)33-20(15-18-11-8-7-9-12-18)24(36)32-19(13-10-14-31-27(29)30)23(35)34-22(26(38)39)17(4)6-2/h7-9,11-12,16-17,19-22H,5-6,10,13-15,28H2,1-4H3,(H,32,36)(H,33,37)(H,34,35)(H,38,39)(H4,29,30,31). The van der Waals surface area contributed by atoms with Crippen molar-refractivity contribution in [2.75, 3.05) is 6.54 Å². The Bertz CT molecular complexity index is 969. The highest BCUT2D eigenvalue weighted by atomic mass is 16.4. The van der Waals surface area contributed by atoms with Gasteiger partial charge < -0.3 is 38.3 Å². The lowest BCUT2D eigenvalue weighted by Crippen LogP contribution is -2.58. The highest BCUT2D eigenvalue weighted by molar-refractivity contribution is 5.94. The summed E-state index contributed by atoms with van der Waals surface area (Å²) in [6, 6.07) is 5.07. The Morgan fingerprint density at radius 2 is 1.44 bits per heavy atom. The average molecular weight is 548 g/mol. The molecule has 0 radical (unpaired) electrons. The number of nitrogens with one attached hydrogen (secondary N) is 3. The third-order valence-electron chi connectivity index (χ3n) is 6.83. The fraction of sp³-hybridized carbons (Fsp3) is 0.593. The predicted molar refractivity (Wildman–Crippen MR) is 150 cm³/mol. The molecule has 3 amide bonds. The van der Waals surface area contributed by atoms with E-state index in [1.165, 1.54) is 0 Å². The van der Waals surface area contributed by atoms with E-state index in [9.17, 15) is 24.3 Å². The molecule has 0 aliphatic heterocycles. The second kappa shape index (κ2) is 17.0. The van der Waals surface area contributed by atoms with Crippen molar-refractivity contribution in [3.63, 3.8) is 0 Å². The molecule has 6 unspecified atom stereocenters. The number of guanidine groups is 1. The lowest BCUT2D eigenvalue weighted by atomic mass is 9.97. The summed E-state index contributed by atoms with van der Waals surface area (Å²) in [5.74, 6) is -3.44. The van der Waals surface area contributed by atoms with Crippen LogP contribution in [0.3, 0.4) is 0 Å². The topological polar surface area (TPSA) is 215 Å². The predicted octanol–water partition coefficient (Wildman–Crippen LogP) is 0.241. The molecule has 218 valence electrons. The Morgan fingerprint density at radius 3 is 1.97 bits per heavy atom. The van der Waals surface area contributed by atoms with E-state index in [0.29, 0.717) is 19.3 Å². The van der Waals surface area contributed by atoms with Crippen LogP contribution in [0.25, 0.3) is 0 Å². The van der Waals surface area contributed by atoms with Gasteiger partial charge in [-0.2, -0.15) is 0 Å². The third kappa shape index (κ3) is 11.7. The minimum atomic E-state index is -1.17. The molecule has 12 heteroatoms. The number of nitrogens with zero attached hydrogens (tertiary/aromatic N) is 1. The second-order valence-corrected chi connectivity index (χ2v) is 9.88. The van der Waals surface area contributed by atoms with Crippen LogP contribution in [0.1, 0.15) is 58.9 Å². The third-order valence-corrected chi connectivity index (χ3v) is 6.83. The van der Waals surface area contributed by atoms with Crippen LogP contribution in [0.2, 0.25) is 0 Å². The van der Waals surface area contributed by atoms with E-state index < -0.39 is 47.9 Å². The van der Waals surface area contributed by atoms with Crippen molar-refractivity contribution in [3.05, 3.63) is 35.9 Å². The van der Waals surface area contributed by atoms with E-state index in [4.69, 9.17) is 17.2 Å². The number of aliphatic imine (C=N–C) groups is 1. The first kappa shape index (κ1) is 33.4. The molecule has 0 heterocycles. The molecule has 0 saturated heterocycles. The number of nitrogens with two attached hydrogens (primary N) is 3. The van der Waals surface area contributed by atoms with E-state index in [0.717, 1.165) is 5.56 Å². The quantitative estimate of drug-likeness (QED) is 0.0812. The summed E-state index contributed by atoms with van der Waals surface area (Å²) in [7, 11) is 0. The Labute approximate surface area is 230 Å². The Balaban J connectivity index is 3.19. The van der Waals surface area contributed by atoms with E-state index in [-0.39, 0.29) is 37.2 Å². The molecule has 0 aromatic heterocycles. The molecule has 1 aromatic carbocycles. The van der Waals surface area contributed by atoms with Crippen molar-refractivity contribution in [2.45, 2.75) is 84.0 Å². The summed E-state index contributed by atoms with van der Waals surface area (Å²) in [5.41, 5.74) is 17.6. The number of hydrogen-bond acceptors (Lipinski definition) is 6. The van der Waals surface area contributed by atoms with Crippen LogP contribution in [-0.2, 0) is 25.6 Å². The van der Waals surface area contributed by atoms with Crippen LogP contribution >= 0.6 is 0 Å². The van der Waals surface area contributed by atoms with Gasteiger partial charge in [0.2, 0.25) is 17.7 Å². The first-order valence-corrected chi connectivity index (χ1v) is 13.4. The number of carboxylic acid groups (broad SMARTS) is 1. The van der Waals surface area contributed by atoms with Crippen molar-refractivity contribution in [2.24, 2.45) is 34.0 Å². The molecule has 0 fully saturated rings. The van der Waals surface area contributed by atoms with Crippen LogP contribution in [-0.4, -0.2) is 65.5 Å². The largest absolute Gasteiger partial charge is 0.480 e. The van der Waals surface area contributed by atoms with Gasteiger partial charge >= 0.3 is 5.97 Å². The van der Waals surface area contributed by atoms with Crippen LogP contribution in [0.15, 0.2) is 35.3 Å². The van der Waals surface area contributed by atoms with Gasteiger partial charge in [-0.3, -0.25) is 19.4 Å². The summed E-state index contributed by atoms with van der Waals surface area (Å²) in [6.07, 6.45) is 1.85. The number of aliphatic carboxylic acids is 1. The van der Waals surface area contributed by atoms with Crippen LogP contribution in [0.5, 0.6) is 0 Å². The summed E-state index contributed by atoms with van der Waals surface area (Å²) >= 11 is 0. The summed E-state index contributed by atoms with van der Waals surface area (Å²) in [6.45, 7) is 7.52. The van der Waals surface area contributed by atoms with Gasteiger partial charge in [0.25, 0.3) is 0 Å². The highest BCUT2D eigenvalue weighted by Crippen LogP contribution is 2.11. The lowest BCUT2D eigenvalue weighted by molar-refractivity contribution is -0.144. The smallest absolute Gasteiger partial charge is 0.326 e. The number of carbonyl (C=O) groups excluding carboxylic acids is 3. The lowest BCUT2D eigenvalue weighted by Gasteiger charge is -2.27. The highest BCUT2D eigenvalue weighted by Gasteiger charge is 2.32. The molecule has 6 atom stereocenters. The normalized spacial score (nSPS) is 15.5. The molecular formula is C27H45N7O5. The SMILES string of the molecule is CCC(C)C(N)C(=O)NC(Cc1ccccc1)C(=O)NC(CCCN=C(N)N)C(=O)NC(C(=O)O)C(C)CC. The molecule has 0 saturated carbocycles. The van der Waals surface area contributed by atoms with Gasteiger partial charge in [-0.1, -0.05) is 70.9 Å². The van der Waals surface area contributed by atoms with Crippen LogP contribution in [0, 0.1) is 11.8 Å². The number of amides is 3. The maximum atomic E-state index is 13.5. The average Bonchev–Trinajstić information content (AvgIpc) is 2.91. The minimum Gasteiger partial charge on any atom is -0.480 e. The number of hydrogen-bond donors (Lipinski definition) is 7. The number of benzene rings is 1. The van der Waals surface area contributed by atoms with Gasteiger partial charge in [-0.25, -0.2) is 4.79 Å². The molecular weight excluding hydrogens is 502 g/mol. The van der Waals surface area contributed by atoms with Gasteiger partial charge in [0, 0.05) is 13.0 Å². The second-order valence-electron chi connectivity index (χ2n) is 9.88. The fourth-order valence-corrected chi connectivity index (χ4v) is 3.82. The molecule has 10 N–H and O–H groups in total. The van der Waals surface area contributed by atoms with Gasteiger partial charge in [0.05, 0.1) is 6.04 Å². The molecule has 1 rings (SSSR count). The monoisotopic (exact) mass is 547 g/mol. The molecule has 0 spiro atoms. The maximum absolute atomic E-state index is 13.5. The summed E-state index contributed by atoms with van der Waals surface area (Å²) < 4.78 is 0. The molecule has 0 aliphatic carbocycles. The van der Waals surface area contributed by atoms with E-state index in [1.54, 1.807) is 6.92 Å². The van der Waals surface area contributed by atoms with Gasteiger partial charge in [-0.15, -0.1) is 0 Å². The van der Waals surface area contributed by atoms with E-state index >= 15 is 0 Å². The Hall–Kier alpha value is -3.67. The minimum absolute atomic E-state index is 0.104. The maximum Gasteiger partial charge on any atom is 0.326 e. The zero-order valence-corrected chi connectivity index (χ0v) is 23.4. The number of carboxylic acids is 1. The van der Waals surface area contributed by atoms with Gasteiger partial charge in [0.1, 0.15) is 18.1 Å².